The van der Waals surface area contributed by atoms with Crippen molar-refractivity contribution in [3.8, 4) is 0 Å². The molecule has 0 amide bonds. The monoisotopic (exact) mass is 226 g/mol. The SMILES string of the molecule is NN1CCC(Cc2cccc(F)c2F)CC1. The van der Waals surface area contributed by atoms with Gasteiger partial charge in [0.2, 0.25) is 0 Å². The highest BCUT2D eigenvalue weighted by molar-refractivity contribution is 5.19. The summed E-state index contributed by atoms with van der Waals surface area (Å²) in [5.74, 6) is 4.60. The first-order valence-corrected chi connectivity index (χ1v) is 5.59. The van der Waals surface area contributed by atoms with Gasteiger partial charge in [0.05, 0.1) is 0 Å². The minimum Gasteiger partial charge on any atom is -0.269 e. The van der Waals surface area contributed by atoms with Crippen molar-refractivity contribution < 1.29 is 8.78 Å². The molecule has 16 heavy (non-hydrogen) atoms. The third kappa shape index (κ3) is 2.57. The molecule has 1 aromatic rings. The van der Waals surface area contributed by atoms with Gasteiger partial charge in [0.25, 0.3) is 0 Å². The third-order valence-corrected chi connectivity index (χ3v) is 3.19. The second-order valence-corrected chi connectivity index (χ2v) is 4.40. The lowest BCUT2D eigenvalue weighted by Gasteiger charge is -2.28. The zero-order valence-electron chi connectivity index (χ0n) is 9.13. The minimum absolute atomic E-state index is 0.413. The van der Waals surface area contributed by atoms with Crippen LogP contribution in [-0.2, 0) is 6.42 Å². The lowest BCUT2D eigenvalue weighted by molar-refractivity contribution is 0.186. The molecule has 0 aliphatic carbocycles. The van der Waals surface area contributed by atoms with Crippen LogP contribution in [0.15, 0.2) is 18.2 Å². The van der Waals surface area contributed by atoms with Gasteiger partial charge in [-0.1, -0.05) is 12.1 Å². The molecule has 0 spiro atoms. The Balaban J connectivity index is 2.01. The molecule has 2 rings (SSSR count). The smallest absolute Gasteiger partial charge is 0.162 e. The molecule has 2 nitrogen and oxygen atoms in total. The van der Waals surface area contributed by atoms with E-state index in [1.807, 2.05) is 0 Å². The molecule has 0 atom stereocenters. The molecule has 1 saturated heterocycles. The summed E-state index contributed by atoms with van der Waals surface area (Å²) in [5.41, 5.74) is 0.482. The average Bonchev–Trinajstić information content (AvgIpc) is 2.28. The summed E-state index contributed by atoms with van der Waals surface area (Å²) in [6.07, 6.45) is 2.51. The van der Waals surface area contributed by atoms with E-state index in [0.29, 0.717) is 17.9 Å². The molecule has 2 N–H and O–H groups in total. The Morgan fingerprint density at radius 1 is 1.25 bits per heavy atom. The van der Waals surface area contributed by atoms with Crippen molar-refractivity contribution in [3.63, 3.8) is 0 Å². The van der Waals surface area contributed by atoms with Gasteiger partial charge in [-0.2, -0.15) is 0 Å². The van der Waals surface area contributed by atoms with E-state index in [9.17, 15) is 8.78 Å². The number of hydrogen-bond donors (Lipinski definition) is 1. The van der Waals surface area contributed by atoms with Gasteiger partial charge in [-0.15, -0.1) is 0 Å². The predicted octanol–water partition coefficient (Wildman–Crippen LogP) is 2.09. The summed E-state index contributed by atoms with van der Waals surface area (Å²) in [5, 5.41) is 1.78. The fourth-order valence-corrected chi connectivity index (χ4v) is 2.17. The summed E-state index contributed by atoms with van der Waals surface area (Å²) in [6.45, 7) is 1.67. The van der Waals surface area contributed by atoms with Crippen LogP contribution in [0.2, 0.25) is 0 Å². The van der Waals surface area contributed by atoms with Gasteiger partial charge in [0, 0.05) is 13.1 Å². The summed E-state index contributed by atoms with van der Waals surface area (Å²) < 4.78 is 26.4. The van der Waals surface area contributed by atoms with Crippen molar-refractivity contribution >= 4 is 0 Å². The van der Waals surface area contributed by atoms with Crippen LogP contribution in [0.3, 0.4) is 0 Å². The first kappa shape index (κ1) is 11.5. The first-order chi connectivity index (χ1) is 7.66. The summed E-state index contributed by atoms with van der Waals surface area (Å²) in [4.78, 5) is 0. The normalized spacial score (nSPS) is 18.9. The van der Waals surface area contributed by atoms with E-state index in [0.717, 1.165) is 32.0 Å². The molecule has 0 aromatic heterocycles. The van der Waals surface area contributed by atoms with E-state index in [2.05, 4.69) is 0 Å². The lowest BCUT2D eigenvalue weighted by Crippen LogP contribution is -2.39. The van der Waals surface area contributed by atoms with Gasteiger partial charge in [-0.3, -0.25) is 5.84 Å². The summed E-state index contributed by atoms with van der Waals surface area (Å²) in [6, 6.07) is 4.38. The Hall–Kier alpha value is -1.00. The number of hydrazine groups is 1. The standard InChI is InChI=1S/C12H16F2N2/c13-11-3-1-2-10(12(11)14)8-9-4-6-16(15)7-5-9/h1-3,9H,4-8,15H2. The number of nitrogens with two attached hydrogens (primary N) is 1. The second kappa shape index (κ2) is 4.89. The maximum Gasteiger partial charge on any atom is 0.162 e. The van der Waals surface area contributed by atoms with Crippen molar-refractivity contribution in [2.75, 3.05) is 13.1 Å². The van der Waals surface area contributed by atoms with Crippen molar-refractivity contribution in [3.05, 3.63) is 35.4 Å². The van der Waals surface area contributed by atoms with Gasteiger partial charge in [0.1, 0.15) is 0 Å². The van der Waals surface area contributed by atoms with Gasteiger partial charge < -0.3 is 0 Å². The molecule has 1 aliphatic rings. The van der Waals surface area contributed by atoms with Gasteiger partial charge in [-0.25, -0.2) is 13.8 Å². The Morgan fingerprint density at radius 3 is 2.62 bits per heavy atom. The minimum atomic E-state index is -0.756. The Morgan fingerprint density at radius 2 is 1.94 bits per heavy atom. The van der Waals surface area contributed by atoms with Crippen molar-refractivity contribution in [1.29, 1.82) is 0 Å². The average molecular weight is 226 g/mol. The molecule has 0 saturated carbocycles. The van der Waals surface area contributed by atoms with E-state index >= 15 is 0 Å². The van der Waals surface area contributed by atoms with Crippen molar-refractivity contribution in [1.82, 2.24) is 5.01 Å². The number of rotatable bonds is 2. The Bertz CT molecular complexity index is 360. The molecule has 88 valence electrons. The molecule has 1 fully saturated rings. The highest BCUT2D eigenvalue weighted by Crippen LogP contribution is 2.22. The van der Waals surface area contributed by atoms with E-state index in [4.69, 9.17) is 5.84 Å². The highest BCUT2D eigenvalue weighted by Gasteiger charge is 2.19. The third-order valence-electron chi connectivity index (χ3n) is 3.19. The number of hydrogen-bond acceptors (Lipinski definition) is 2. The largest absolute Gasteiger partial charge is 0.269 e. The molecule has 0 unspecified atom stereocenters. The lowest BCUT2D eigenvalue weighted by atomic mass is 9.90. The number of nitrogens with zero attached hydrogens (tertiary/aromatic N) is 1. The molecule has 0 bridgehead atoms. The number of piperidine rings is 1. The van der Waals surface area contributed by atoms with Crippen LogP contribution >= 0.6 is 0 Å². The molecular weight excluding hydrogens is 210 g/mol. The maximum absolute atomic E-state index is 13.4. The predicted molar refractivity (Wildman–Crippen MR) is 58.5 cm³/mol. The van der Waals surface area contributed by atoms with E-state index < -0.39 is 11.6 Å². The van der Waals surface area contributed by atoms with Crippen molar-refractivity contribution in [2.45, 2.75) is 19.3 Å². The van der Waals surface area contributed by atoms with Gasteiger partial charge >= 0.3 is 0 Å². The zero-order valence-corrected chi connectivity index (χ0v) is 9.13. The van der Waals surface area contributed by atoms with Crippen LogP contribution in [0.25, 0.3) is 0 Å². The van der Waals surface area contributed by atoms with E-state index in [-0.39, 0.29) is 0 Å². The van der Waals surface area contributed by atoms with E-state index in [1.165, 1.54) is 0 Å². The number of halogens is 2. The van der Waals surface area contributed by atoms with Crippen LogP contribution in [0.5, 0.6) is 0 Å². The van der Waals surface area contributed by atoms with Crippen molar-refractivity contribution in [2.24, 2.45) is 11.8 Å². The molecule has 1 aliphatic heterocycles. The van der Waals surface area contributed by atoms with Crippen LogP contribution in [0, 0.1) is 17.6 Å². The van der Waals surface area contributed by atoms with Crippen LogP contribution in [-0.4, -0.2) is 18.1 Å². The summed E-state index contributed by atoms with van der Waals surface area (Å²) in [7, 11) is 0. The maximum atomic E-state index is 13.4. The first-order valence-electron chi connectivity index (χ1n) is 5.59. The van der Waals surface area contributed by atoms with Crippen LogP contribution in [0.1, 0.15) is 18.4 Å². The zero-order chi connectivity index (χ0) is 11.5. The molecular formula is C12H16F2N2. The molecule has 4 heteroatoms. The summed E-state index contributed by atoms with van der Waals surface area (Å²) >= 11 is 0. The fraction of sp³-hybridized carbons (Fsp3) is 0.500. The van der Waals surface area contributed by atoms with Crippen LogP contribution < -0.4 is 5.84 Å². The topological polar surface area (TPSA) is 29.3 Å². The van der Waals surface area contributed by atoms with Gasteiger partial charge in [0.15, 0.2) is 11.6 Å². The Labute approximate surface area is 94.0 Å². The quantitative estimate of drug-likeness (QED) is 0.782. The van der Waals surface area contributed by atoms with Gasteiger partial charge in [-0.05, 0) is 36.8 Å². The second-order valence-electron chi connectivity index (χ2n) is 4.40. The van der Waals surface area contributed by atoms with Crippen LogP contribution in [0.4, 0.5) is 8.78 Å². The molecule has 0 radical (unpaired) electrons. The highest BCUT2D eigenvalue weighted by atomic mass is 19.2. The van der Waals surface area contributed by atoms with E-state index in [1.54, 1.807) is 17.1 Å². The number of benzene rings is 1. The molecule has 1 heterocycles. The fourth-order valence-electron chi connectivity index (χ4n) is 2.17. The molecule has 1 aromatic carbocycles. The Kier molecular flexibility index (Phi) is 3.51.